The number of nitrogens with zero attached hydrogens (tertiary/aromatic N) is 1. The van der Waals surface area contributed by atoms with E-state index in [1.807, 2.05) is 50.2 Å². The molecule has 1 aliphatic rings. The van der Waals surface area contributed by atoms with E-state index in [1.54, 1.807) is 24.1 Å². The number of aromatic carboxylic acids is 1. The van der Waals surface area contributed by atoms with Gasteiger partial charge in [-0.2, -0.15) is 0 Å². The van der Waals surface area contributed by atoms with Crippen molar-refractivity contribution >= 4 is 17.6 Å². The number of rotatable bonds is 8. The van der Waals surface area contributed by atoms with Gasteiger partial charge in [0.25, 0.3) is 0 Å². The van der Waals surface area contributed by atoms with Crippen LogP contribution in [0.5, 0.6) is 17.2 Å². The van der Waals surface area contributed by atoms with Crippen LogP contribution >= 0.6 is 0 Å². The highest BCUT2D eigenvalue weighted by molar-refractivity contribution is 5.99. The van der Waals surface area contributed by atoms with Gasteiger partial charge >= 0.3 is 5.97 Å². The summed E-state index contributed by atoms with van der Waals surface area (Å²) in [5.41, 5.74) is 3.47. The predicted molar refractivity (Wildman–Crippen MR) is 128 cm³/mol. The number of carbonyl (C=O) groups is 2. The Labute approximate surface area is 198 Å². The average Bonchev–Trinajstić information content (AvgIpc) is 2.84. The lowest BCUT2D eigenvalue weighted by Crippen LogP contribution is -2.41. The van der Waals surface area contributed by atoms with Crippen molar-refractivity contribution in [2.75, 3.05) is 25.2 Å². The second-order valence-electron chi connectivity index (χ2n) is 7.83. The summed E-state index contributed by atoms with van der Waals surface area (Å²) in [6.45, 7) is 4.78. The SMILES string of the molecule is CCOc1cc2c(cc1OCC)[C@H](c1ccc(OC)cc1)N(c1ccc(C(=O)O)cc1)C(=O)C2. The van der Waals surface area contributed by atoms with Crippen molar-refractivity contribution in [3.05, 3.63) is 82.9 Å². The molecule has 7 heteroatoms. The smallest absolute Gasteiger partial charge is 0.335 e. The number of benzene rings is 3. The van der Waals surface area contributed by atoms with Gasteiger partial charge in [0.2, 0.25) is 5.91 Å². The summed E-state index contributed by atoms with van der Waals surface area (Å²) in [6, 6.07) is 17.3. The van der Waals surface area contributed by atoms with Crippen LogP contribution in [0.3, 0.4) is 0 Å². The number of fused-ring (bicyclic) bond motifs is 1. The third kappa shape index (κ3) is 4.41. The Bertz CT molecular complexity index is 1190. The molecule has 1 atom stereocenters. The van der Waals surface area contributed by atoms with E-state index >= 15 is 0 Å². The zero-order valence-corrected chi connectivity index (χ0v) is 19.4. The monoisotopic (exact) mass is 461 g/mol. The lowest BCUT2D eigenvalue weighted by atomic mass is 9.86. The molecule has 3 aromatic rings. The first-order valence-corrected chi connectivity index (χ1v) is 11.2. The van der Waals surface area contributed by atoms with E-state index in [2.05, 4.69) is 0 Å². The molecule has 1 amide bonds. The number of hydrogen-bond donors (Lipinski definition) is 1. The second kappa shape index (κ2) is 9.87. The molecular weight excluding hydrogens is 434 g/mol. The topological polar surface area (TPSA) is 85.3 Å². The molecule has 7 nitrogen and oxygen atoms in total. The van der Waals surface area contributed by atoms with Crippen LogP contribution in [0.2, 0.25) is 0 Å². The fraction of sp³-hybridized carbons (Fsp3) is 0.259. The van der Waals surface area contributed by atoms with E-state index in [-0.39, 0.29) is 17.9 Å². The van der Waals surface area contributed by atoms with Crippen molar-refractivity contribution in [2.24, 2.45) is 0 Å². The van der Waals surface area contributed by atoms with Crippen molar-refractivity contribution in [1.82, 2.24) is 0 Å². The first-order chi connectivity index (χ1) is 16.5. The molecule has 0 saturated heterocycles. The maximum Gasteiger partial charge on any atom is 0.335 e. The molecule has 176 valence electrons. The lowest BCUT2D eigenvalue weighted by Gasteiger charge is -2.38. The number of ether oxygens (including phenoxy) is 3. The summed E-state index contributed by atoms with van der Waals surface area (Å²) in [4.78, 5) is 26.5. The standard InChI is InChI=1S/C27H27NO6/c1-4-33-23-14-19-15-25(29)28(20-10-6-18(7-11-20)27(30)31)26(22(19)16-24(23)34-5-2)17-8-12-21(32-3)13-9-17/h6-14,16,26H,4-5,15H2,1-3H3,(H,30,31)/t26-/m0/s1. The van der Waals surface area contributed by atoms with Gasteiger partial charge in [-0.1, -0.05) is 12.1 Å². The Kier molecular flexibility index (Phi) is 6.72. The lowest BCUT2D eigenvalue weighted by molar-refractivity contribution is -0.118. The third-order valence-corrected chi connectivity index (χ3v) is 5.79. The molecule has 4 rings (SSSR count). The highest BCUT2D eigenvalue weighted by Gasteiger charge is 2.36. The van der Waals surface area contributed by atoms with E-state index in [0.29, 0.717) is 36.1 Å². The fourth-order valence-corrected chi connectivity index (χ4v) is 4.27. The molecule has 1 aliphatic heterocycles. The predicted octanol–water partition coefficient (Wildman–Crippen LogP) is 4.87. The number of carboxylic acid groups (broad SMARTS) is 1. The molecule has 34 heavy (non-hydrogen) atoms. The number of methoxy groups -OCH3 is 1. The summed E-state index contributed by atoms with van der Waals surface area (Å²) in [7, 11) is 1.61. The number of carboxylic acids is 1. The third-order valence-electron chi connectivity index (χ3n) is 5.79. The Balaban J connectivity index is 1.89. The molecule has 0 unspecified atom stereocenters. The van der Waals surface area contributed by atoms with Gasteiger partial charge in [-0.3, -0.25) is 4.79 Å². The molecular formula is C27H27NO6. The van der Waals surface area contributed by atoms with E-state index in [0.717, 1.165) is 16.7 Å². The van der Waals surface area contributed by atoms with Gasteiger partial charge in [-0.25, -0.2) is 4.79 Å². The van der Waals surface area contributed by atoms with Crippen molar-refractivity contribution in [3.8, 4) is 17.2 Å². The van der Waals surface area contributed by atoms with Gasteiger partial charge in [0.1, 0.15) is 5.75 Å². The van der Waals surface area contributed by atoms with Crippen LogP contribution < -0.4 is 19.1 Å². The summed E-state index contributed by atoms with van der Waals surface area (Å²) in [5, 5.41) is 9.28. The Hall–Kier alpha value is -4.00. The molecule has 1 N–H and O–H groups in total. The van der Waals surface area contributed by atoms with Crippen LogP contribution in [-0.2, 0) is 11.2 Å². The Morgan fingerprint density at radius 1 is 0.971 bits per heavy atom. The van der Waals surface area contributed by atoms with Gasteiger partial charge in [0.15, 0.2) is 11.5 Å². The van der Waals surface area contributed by atoms with Crippen molar-refractivity contribution < 1.29 is 28.9 Å². The van der Waals surface area contributed by atoms with E-state index in [9.17, 15) is 14.7 Å². The molecule has 3 aromatic carbocycles. The van der Waals surface area contributed by atoms with Crippen LogP contribution in [0.25, 0.3) is 0 Å². The average molecular weight is 462 g/mol. The van der Waals surface area contributed by atoms with Crippen molar-refractivity contribution in [3.63, 3.8) is 0 Å². The Morgan fingerprint density at radius 2 is 1.59 bits per heavy atom. The molecule has 0 aliphatic carbocycles. The minimum atomic E-state index is -1.02. The van der Waals surface area contributed by atoms with Gasteiger partial charge in [0, 0.05) is 5.69 Å². The molecule has 0 aromatic heterocycles. The summed E-state index contributed by atoms with van der Waals surface area (Å²) in [6.07, 6.45) is 0.190. The molecule has 1 heterocycles. The maximum absolute atomic E-state index is 13.5. The largest absolute Gasteiger partial charge is 0.497 e. The number of amides is 1. The van der Waals surface area contributed by atoms with E-state index in [1.165, 1.54) is 12.1 Å². The zero-order chi connectivity index (χ0) is 24.2. The van der Waals surface area contributed by atoms with E-state index < -0.39 is 12.0 Å². The minimum Gasteiger partial charge on any atom is -0.497 e. The Morgan fingerprint density at radius 3 is 2.15 bits per heavy atom. The highest BCUT2D eigenvalue weighted by atomic mass is 16.5. The quantitative estimate of drug-likeness (QED) is 0.515. The van der Waals surface area contributed by atoms with Gasteiger partial charge < -0.3 is 24.2 Å². The molecule has 0 saturated carbocycles. The van der Waals surface area contributed by atoms with E-state index in [4.69, 9.17) is 14.2 Å². The minimum absolute atomic E-state index is 0.0944. The van der Waals surface area contributed by atoms with Gasteiger partial charge in [-0.05, 0) is 79.1 Å². The van der Waals surface area contributed by atoms with Crippen LogP contribution in [-0.4, -0.2) is 37.3 Å². The number of hydrogen-bond acceptors (Lipinski definition) is 5. The van der Waals surface area contributed by atoms with Gasteiger partial charge in [-0.15, -0.1) is 0 Å². The van der Waals surface area contributed by atoms with Crippen molar-refractivity contribution in [1.29, 1.82) is 0 Å². The molecule has 0 fully saturated rings. The van der Waals surface area contributed by atoms with Gasteiger partial charge in [0.05, 0.1) is 38.3 Å². The summed E-state index contributed by atoms with van der Waals surface area (Å²) in [5.74, 6) is 0.840. The van der Waals surface area contributed by atoms with Crippen LogP contribution in [0.15, 0.2) is 60.7 Å². The molecule has 0 spiro atoms. The number of carbonyl (C=O) groups excluding carboxylic acids is 1. The normalized spacial score (nSPS) is 15.0. The first kappa shape index (κ1) is 23.2. The maximum atomic E-state index is 13.5. The zero-order valence-electron chi connectivity index (χ0n) is 19.4. The molecule has 0 radical (unpaired) electrons. The highest BCUT2D eigenvalue weighted by Crippen LogP contribution is 2.43. The second-order valence-corrected chi connectivity index (χ2v) is 7.83. The number of anilines is 1. The first-order valence-electron chi connectivity index (χ1n) is 11.2. The summed E-state index contributed by atoms with van der Waals surface area (Å²) >= 11 is 0. The fourth-order valence-electron chi connectivity index (χ4n) is 4.27. The van der Waals surface area contributed by atoms with Crippen molar-refractivity contribution in [2.45, 2.75) is 26.3 Å². The summed E-state index contributed by atoms with van der Waals surface area (Å²) < 4.78 is 17.0. The van der Waals surface area contributed by atoms with Crippen LogP contribution in [0.1, 0.15) is 46.9 Å². The van der Waals surface area contributed by atoms with Crippen LogP contribution in [0.4, 0.5) is 5.69 Å². The van der Waals surface area contributed by atoms with Crippen LogP contribution in [0, 0.1) is 0 Å². The molecule has 0 bridgehead atoms.